The van der Waals surface area contributed by atoms with Crippen LogP contribution in [-0.2, 0) is 17.8 Å². The number of carbonyl (C=O) groups excluding carboxylic acids is 1. The molecule has 1 amide bonds. The van der Waals surface area contributed by atoms with E-state index in [1.807, 2.05) is 48.2 Å². The molecule has 3 aromatic rings. The van der Waals surface area contributed by atoms with Crippen molar-refractivity contribution >= 4 is 16.9 Å². The number of benzene rings is 2. The first-order valence-corrected chi connectivity index (χ1v) is 12.7. The number of hydrogen-bond acceptors (Lipinski definition) is 6. The molecular formula is C29H33NO6. The Morgan fingerprint density at radius 2 is 2.03 bits per heavy atom. The summed E-state index contributed by atoms with van der Waals surface area (Å²) in [6.45, 7) is 3.25. The molecule has 1 aliphatic heterocycles. The monoisotopic (exact) mass is 491 g/mol. The van der Waals surface area contributed by atoms with E-state index in [4.69, 9.17) is 13.9 Å². The molecule has 1 saturated heterocycles. The third kappa shape index (κ3) is 4.72. The Morgan fingerprint density at radius 3 is 2.86 bits per heavy atom. The highest BCUT2D eigenvalue weighted by molar-refractivity contribution is 5.85. The van der Waals surface area contributed by atoms with Crippen LogP contribution in [0.4, 0.5) is 0 Å². The van der Waals surface area contributed by atoms with Crippen molar-refractivity contribution in [3.8, 4) is 11.5 Å². The van der Waals surface area contributed by atoms with Gasteiger partial charge in [-0.15, -0.1) is 0 Å². The highest BCUT2D eigenvalue weighted by Gasteiger charge is 2.43. The number of rotatable bonds is 6. The van der Waals surface area contributed by atoms with E-state index >= 15 is 0 Å². The normalized spacial score (nSPS) is 21.8. The number of fused-ring (bicyclic) bond motifs is 2. The summed E-state index contributed by atoms with van der Waals surface area (Å²) in [5.74, 6) is 1.35. The van der Waals surface area contributed by atoms with Crippen LogP contribution in [0.15, 0.2) is 51.7 Å². The number of para-hydroxylation sites is 1. The summed E-state index contributed by atoms with van der Waals surface area (Å²) in [6.07, 6.45) is 4.50. The largest absolute Gasteiger partial charge is 0.496 e. The summed E-state index contributed by atoms with van der Waals surface area (Å²) in [5, 5.41) is 11.7. The van der Waals surface area contributed by atoms with Crippen molar-refractivity contribution in [3.63, 3.8) is 0 Å². The average molecular weight is 492 g/mol. The fourth-order valence-electron chi connectivity index (χ4n) is 5.71. The molecule has 5 rings (SSSR count). The molecule has 0 spiro atoms. The van der Waals surface area contributed by atoms with E-state index in [1.165, 1.54) is 0 Å². The predicted molar refractivity (Wildman–Crippen MR) is 136 cm³/mol. The van der Waals surface area contributed by atoms with Crippen molar-refractivity contribution in [2.75, 3.05) is 20.2 Å². The van der Waals surface area contributed by atoms with Gasteiger partial charge in [-0.3, -0.25) is 4.79 Å². The molecule has 7 nitrogen and oxygen atoms in total. The number of amides is 1. The molecule has 1 aromatic heterocycles. The van der Waals surface area contributed by atoms with Gasteiger partial charge in [0.1, 0.15) is 23.7 Å². The number of aryl methyl sites for hydroxylation is 1. The summed E-state index contributed by atoms with van der Waals surface area (Å²) in [6, 6.07) is 13.0. The lowest BCUT2D eigenvalue weighted by Crippen LogP contribution is -2.55. The summed E-state index contributed by atoms with van der Waals surface area (Å²) in [4.78, 5) is 27.8. The van der Waals surface area contributed by atoms with Gasteiger partial charge >= 0.3 is 5.63 Å². The predicted octanol–water partition coefficient (Wildman–Crippen LogP) is 4.39. The molecule has 0 radical (unpaired) electrons. The Balaban J connectivity index is 1.31. The number of piperidine rings is 1. The van der Waals surface area contributed by atoms with Crippen molar-refractivity contribution in [1.29, 1.82) is 0 Å². The van der Waals surface area contributed by atoms with Gasteiger partial charge in [0, 0.05) is 36.0 Å². The van der Waals surface area contributed by atoms with Crippen LogP contribution in [0.3, 0.4) is 0 Å². The molecule has 2 aliphatic rings. The minimum absolute atomic E-state index is 0.00130. The lowest BCUT2D eigenvalue weighted by atomic mass is 9.71. The van der Waals surface area contributed by atoms with Crippen molar-refractivity contribution in [2.24, 2.45) is 5.92 Å². The van der Waals surface area contributed by atoms with Gasteiger partial charge in [0.2, 0.25) is 5.91 Å². The van der Waals surface area contributed by atoms with E-state index in [-0.39, 0.29) is 18.2 Å². The van der Waals surface area contributed by atoms with Gasteiger partial charge < -0.3 is 23.9 Å². The second-order valence-electron chi connectivity index (χ2n) is 10.1. The molecule has 2 aromatic carbocycles. The van der Waals surface area contributed by atoms with Crippen LogP contribution in [0.5, 0.6) is 11.5 Å². The van der Waals surface area contributed by atoms with E-state index in [1.54, 1.807) is 13.2 Å². The molecule has 2 fully saturated rings. The van der Waals surface area contributed by atoms with Gasteiger partial charge in [-0.1, -0.05) is 31.0 Å². The number of nitrogens with zero attached hydrogens (tertiary/aromatic N) is 1. The van der Waals surface area contributed by atoms with Crippen molar-refractivity contribution < 1.29 is 23.8 Å². The minimum atomic E-state index is -0.641. The van der Waals surface area contributed by atoms with Crippen molar-refractivity contribution in [2.45, 2.75) is 57.7 Å². The third-order valence-electron chi connectivity index (χ3n) is 7.95. The van der Waals surface area contributed by atoms with Crippen molar-refractivity contribution in [3.05, 3.63) is 69.6 Å². The van der Waals surface area contributed by atoms with Gasteiger partial charge in [0.25, 0.3) is 0 Å². The Hall–Kier alpha value is -3.32. The van der Waals surface area contributed by atoms with E-state index in [0.717, 1.165) is 47.9 Å². The zero-order chi connectivity index (χ0) is 25.3. The maximum Gasteiger partial charge on any atom is 0.340 e. The molecule has 190 valence electrons. The summed E-state index contributed by atoms with van der Waals surface area (Å²) >= 11 is 0. The number of hydrogen-bond donors (Lipinski definition) is 1. The molecule has 36 heavy (non-hydrogen) atoms. The number of carbonyl (C=O) groups is 1. The van der Waals surface area contributed by atoms with Crippen LogP contribution in [0.1, 0.15) is 48.8 Å². The quantitative estimate of drug-likeness (QED) is 0.515. The Morgan fingerprint density at radius 1 is 1.19 bits per heavy atom. The maximum absolute atomic E-state index is 13.1. The van der Waals surface area contributed by atoms with Crippen LogP contribution in [-0.4, -0.2) is 41.7 Å². The first-order valence-electron chi connectivity index (χ1n) is 12.7. The topological polar surface area (TPSA) is 89.2 Å². The fourth-order valence-corrected chi connectivity index (χ4v) is 5.71. The Kier molecular flexibility index (Phi) is 6.75. The number of ether oxygens (including phenoxy) is 2. The lowest BCUT2D eigenvalue weighted by Gasteiger charge is -2.47. The molecule has 0 bridgehead atoms. The highest BCUT2D eigenvalue weighted by atomic mass is 16.5. The van der Waals surface area contributed by atoms with Gasteiger partial charge in [0.15, 0.2) is 0 Å². The van der Waals surface area contributed by atoms with Crippen LogP contribution in [0, 0.1) is 12.8 Å². The Labute approximate surface area is 210 Å². The first-order chi connectivity index (χ1) is 17.4. The summed E-state index contributed by atoms with van der Waals surface area (Å²) < 4.78 is 16.9. The zero-order valence-corrected chi connectivity index (χ0v) is 20.9. The van der Waals surface area contributed by atoms with Gasteiger partial charge in [-0.2, -0.15) is 0 Å². The molecule has 7 heteroatoms. The molecule has 2 heterocycles. The molecule has 2 atom stereocenters. The standard InChI is InChI=1S/C29H33NO6/c1-19-23-11-10-22(35-18-20-7-3-4-9-25(20)34-2)15-26(23)36-28(32)24(19)16-27(31)30-14-13-29(33)12-6-5-8-21(29)17-30/h3-4,7,9-11,15,21,33H,5-6,8,12-14,16-18H2,1-2H3. The van der Waals surface area contributed by atoms with Gasteiger partial charge in [-0.25, -0.2) is 4.79 Å². The molecule has 1 N–H and O–H groups in total. The summed E-state index contributed by atoms with van der Waals surface area (Å²) in [7, 11) is 1.62. The molecule has 1 aliphatic carbocycles. The smallest absolute Gasteiger partial charge is 0.340 e. The minimum Gasteiger partial charge on any atom is -0.496 e. The number of aliphatic hydroxyl groups is 1. The fraction of sp³-hybridized carbons (Fsp3) is 0.448. The van der Waals surface area contributed by atoms with E-state index < -0.39 is 11.2 Å². The number of likely N-dealkylation sites (tertiary alicyclic amines) is 1. The zero-order valence-electron chi connectivity index (χ0n) is 20.9. The van der Waals surface area contributed by atoms with E-state index in [9.17, 15) is 14.7 Å². The second-order valence-corrected chi connectivity index (χ2v) is 10.1. The van der Waals surface area contributed by atoms with Gasteiger partial charge in [0.05, 0.1) is 24.7 Å². The molecule has 2 unspecified atom stereocenters. The van der Waals surface area contributed by atoms with Crippen LogP contribution in [0.25, 0.3) is 11.0 Å². The average Bonchev–Trinajstić information content (AvgIpc) is 2.89. The Bertz CT molecular complexity index is 1330. The van der Waals surface area contributed by atoms with E-state index in [2.05, 4.69) is 0 Å². The lowest BCUT2D eigenvalue weighted by molar-refractivity contribution is -0.142. The summed E-state index contributed by atoms with van der Waals surface area (Å²) in [5.41, 5.74) is 1.34. The first kappa shape index (κ1) is 24.4. The maximum atomic E-state index is 13.1. The van der Waals surface area contributed by atoms with Crippen LogP contribution >= 0.6 is 0 Å². The van der Waals surface area contributed by atoms with E-state index in [0.29, 0.717) is 43.0 Å². The third-order valence-corrected chi connectivity index (χ3v) is 7.95. The SMILES string of the molecule is COc1ccccc1COc1ccc2c(C)c(CC(=O)N3CCC4(O)CCCCC4C3)c(=O)oc2c1. The number of methoxy groups -OCH3 is 1. The molecule has 1 saturated carbocycles. The van der Waals surface area contributed by atoms with Gasteiger partial charge in [-0.05, 0) is 49.9 Å². The molecular weight excluding hydrogens is 458 g/mol. The second kappa shape index (κ2) is 9.97. The van der Waals surface area contributed by atoms with Crippen LogP contribution < -0.4 is 15.1 Å². The highest BCUT2D eigenvalue weighted by Crippen LogP contribution is 2.40. The van der Waals surface area contributed by atoms with Crippen LogP contribution in [0.2, 0.25) is 0 Å². The van der Waals surface area contributed by atoms with Crippen molar-refractivity contribution in [1.82, 2.24) is 4.90 Å².